The fraction of sp³-hybridized carbons (Fsp3) is 0.400. The van der Waals surface area contributed by atoms with Gasteiger partial charge in [0.25, 0.3) is 0 Å². The summed E-state index contributed by atoms with van der Waals surface area (Å²) in [6.07, 6.45) is 4.62. The van der Waals surface area contributed by atoms with Crippen LogP contribution in [0.15, 0.2) is 30.3 Å². The average molecular weight is 245 g/mol. The van der Waals surface area contributed by atoms with Crippen LogP contribution in [0.2, 0.25) is 0 Å². The van der Waals surface area contributed by atoms with Crippen molar-refractivity contribution in [2.24, 2.45) is 0 Å². The van der Waals surface area contributed by atoms with Gasteiger partial charge in [-0.15, -0.1) is 0 Å². The molecule has 1 fully saturated rings. The van der Waals surface area contributed by atoms with Crippen molar-refractivity contribution in [3.63, 3.8) is 0 Å². The highest BCUT2D eigenvalue weighted by molar-refractivity contribution is 5.79. The number of aliphatic hydroxyl groups excluding tert-OH is 1. The molecule has 2 rings (SSSR count). The third-order valence-corrected chi connectivity index (χ3v) is 3.20. The smallest absolute Gasteiger partial charge is 0.226 e. The maximum Gasteiger partial charge on any atom is 0.226 e. The van der Waals surface area contributed by atoms with E-state index in [4.69, 9.17) is 0 Å². The second kappa shape index (κ2) is 5.83. The number of carbonyl (C=O) groups is 1. The number of amides is 1. The fourth-order valence-corrected chi connectivity index (χ4v) is 2.07. The van der Waals surface area contributed by atoms with Gasteiger partial charge in [-0.3, -0.25) is 4.79 Å². The third kappa shape index (κ3) is 3.44. The van der Waals surface area contributed by atoms with Crippen molar-refractivity contribution in [1.29, 1.82) is 0 Å². The summed E-state index contributed by atoms with van der Waals surface area (Å²) in [5.41, 5.74) is 2.34. The van der Waals surface area contributed by atoms with Crippen molar-refractivity contribution < 1.29 is 9.90 Å². The zero-order valence-electron chi connectivity index (χ0n) is 10.7. The number of rotatable bonds is 3. The lowest BCUT2D eigenvalue weighted by Crippen LogP contribution is -2.28. The fourth-order valence-electron chi connectivity index (χ4n) is 2.07. The zero-order valence-corrected chi connectivity index (χ0v) is 10.7. The molecule has 1 aliphatic rings. The lowest BCUT2D eigenvalue weighted by atomic mass is 10.1. The van der Waals surface area contributed by atoms with E-state index in [1.54, 1.807) is 4.90 Å². The van der Waals surface area contributed by atoms with Crippen LogP contribution in [-0.2, 0) is 4.79 Å². The molecule has 1 heterocycles. The molecule has 1 N–H and O–H groups in total. The van der Waals surface area contributed by atoms with E-state index in [1.807, 2.05) is 24.3 Å². The van der Waals surface area contributed by atoms with Gasteiger partial charge >= 0.3 is 0 Å². The summed E-state index contributed by atoms with van der Waals surface area (Å²) in [6.45, 7) is 3.21. The quantitative estimate of drug-likeness (QED) is 0.884. The van der Waals surface area contributed by atoms with Crippen LogP contribution in [0.4, 0.5) is 0 Å². The van der Waals surface area contributed by atoms with Crippen LogP contribution < -0.4 is 0 Å². The summed E-state index contributed by atoms with van der Waals surface area (Å²) in [7, 11) is 0. The van der Waals surface area contributed by atoms with Gasteiger partial charge in [0.2, 0.25) is 5.91 Å². The number of β-amino-alcohol motifs (C(OH)–C–C–N with tert-alkyl or cyclic N) is 1. The van der Waals surface area contributed by atoms with Crippen LogP contribution in [-0.4, -0.2) is 35.1 Å². The van der Waals surface area contributed by atoms with Crippen molar-refractivity contribution in [3.05, 3.63) is 41.5 Å². The van der Waals surface area contributed by atoms with Crippen molar-refractivity contribution in [3.8, 4) is 0 Å². The van der Waals surface area contributed by atoms with E-state index in [-0.39, 0.29) is 12.0 Å². The predicted molar refractivity (Wildman–Crippen MR) is 72.0 cm³/mol. The van der Waals surface area contributed by atoms with E-state index in [0.717, 1.165) is 5.56 Å². The van der Waals surface area contributed by atoms with Gasteiger partial charge < -0.3 is 10.0 Å². The number of benzene rings is 1. The molecule has 0 spiro atoms. The van der Waals surface area contributed by atoms with Crippen LogP contribution in [0.1, 0.15) is 24.0 Å². The Morgan fingerprint density at radius 2 is 2.17 bits per heavy atom. The lowest BCUT2D eigenvalue weighted by molar-refractivity contribution is -0.129. The maximum absolute atomic E-state index is 11.8. The molecule has 0 saturated carbocycles. The Hall–Kier alpha value is -1.61. The molecular weight excluding hydrogens is 226 g/mol. The summed E-state index contributed by atoms with van der Waals surface area (Å²) in [6, 6.07) is 8.18. The summed E-state index contributed by atoms with van der Waals surface area (Å²) in [4.78, 5) is 13.5. The van der Waals surface area contributed by atoms with Gasteiger partial charge in [0.05, 0.1) is 6.10 Å². The van der Waals surface area contributed by atoms with E-state index in [9.17, 15) is 9.90 Å². The molecule has 1 aromatic rings. The summed E-state index contributed by atoms with van der Waals surface area (Å²) < 4.78 is 0. The molecule has 18 heavy (non-hydrogen) atoms. The zero-order chi connectivity index (χ0) is 13.0. The molecule has 1 amide bonds. The van der Waals surface area contributed by atoms with Crippen LogP contribution in [0, 0.1) is 6.92 Å². The van der Waals surface area contributed by atoms with Gasteiger partial charge in [-0.05, 0) is 18.9 Å². The first-order chi connectivity index (χ1) is 8.65. The predicted octanol–water partition coefficient (Wildman–Crippen LogP) is 1.99. The Kier molecular flexibility index (Phi) is 4.15. The number of nitrogens with zero attached hydrogens (tertiary/aromatic N) is 1. The maximum atomic E-state index is 11.8. The van der Waals surface area contributed by atoms with Gasteiger partial charge in [0.1, 0.15) is 0 Å². The second-order valence-corrected chi connectivity index (χ2v) is 4.80. The van der Waals surface area contributed by atoms with Gasteiger partial charge in [-0.1, -0.05) is 42.0 Å². The Labute approximate surface area is 108 Å². The number of carbonyl (C=O) groups excluding carboxylic acids is 1. The minimum Gasteiger partial charge on any atom is -0.391 e. The molecule has 96 valence electrons. The van der Waals surface area contributed by atoms with Gasteiger partial charge in [0, 0.05) is 19.5 Å². The molecular formula is C15H19NO2. The first kappa shape index (κ1) is 12.8. The highest BCUT2D eigenvalue weighted by atomic mass is 16.3. The Morgan fingerprint density at radius 1 is 1.44 bits per heavy atom. The van der Waals surface area contributed by atoms with E-state index >= 15 is 0 Å². The summed E-state index contributed by atoms with van der Waals surface area (Å²) in [5, 5.41) is 9.37. The number of aliphatic hydroxyl groups is 1. The second-order valence-electron chi connectivity index (χ2n) is 4.80. The lowest BCUT2D eigenvalue weighted by Gasteiger charge is -2.13. The summed E-state index contributed by atoms with van der Waals surface area (Å²) >= 11 is 0. The van der Waals surface area contributed by atoms with Crippen molar-refractivity contribution in [2.45, 2.75) is 25.9 Å². The largest absolute Gasteiger partial charge is 0.391 e. The van der Waals surface area contributed by atoms with Crippen molar-refractivity contribution in [1.82, 2.24) is 4.90 Å². The van der Waals surface area contributed by atoms with Gasteiger partial charge in [-0.2, -0.15) is 0 Å². The highest BCUT2D eigenvalue weighted by Crippen LogP contribution is 2.11. The minimum absolute atomic E-state index is 0.0925. The number of hydrogen-bond donors (Lipinski definition) is 1. The van der Waals surface area contributed by atoms with Gasteiger partial charge in [-0.25, -0.2) is 0 Å². The minimum atomic E-state index is -0.338. The number of likely N-dealkylation sites (tertiary alicyclic amines) is 1. The molecule has 0 radical (unpaired) electrons. The number of hydrogen-bond acceptors (Lipinski definition) is 2. The molecule has 1 saturated heterocycles. The van der Waals surface area contributed by atoms with E-state index in [1.165, 1.54) is 5.56 Å². The molecule has 3 heteroatoms. The molecule has 1 aliphatic heterocycles. The van der Waals surface area contributed by atoms with Crippen LogP contribution >= 0.6 is 0 Å². The van der Waals surface area contributed by atoms with Crippen molar-refractivity contribution in [2.75, 3.05) is 13.1 Å². The molecule has 0 bridgehead atoms. The Morgan fingerprint density at radius 3 is 2.78 bits per heavy atom. The standard InChI is InChI=1S/C15H19NO2/c1-12-5-7-13(8-6-12)3-2-4-15(18)16-10-9-14(17)11-16/h2-3,5-8,14,17H,4,9-11H2,1H3/b3-2+/t14-/m1/s1. The van der Waals surface area contributed by atoms with Gasteiger partial charge in [0.15, 0.2) is 0 Å². The molecule has 1 atom stereocenters. The van der Waals surface area contributed by atoms with Crippen molar-refractivity contribution >= 4 is 12.0 Å². The molecule has 0 aliphatic carbocycles. The first-order valence-corrected chi connectivity index (χ1v) is 6.34. The average Bonchev–Trinajstić information content (AvgIpc) is 2.78. The van der Waals surface area contributed by atoms with E-state index in [0.29, 0.717) is 25.9 Å². The SMILES string of the molecule is Cc1ccc(/C=C/CC(=O)N2CC[C@@H](O)C2)cc1. The van der Waals surface area contributed by atoms with E-state index < -0.39 is 0 Å². The topological polar surface area (TPSA) is 40.5 Å². The van der Waals surface area contributed by atoms with Crippen LogP contribution in [0.5, 0.6) is 0 Å². The Bertz CT molecular complexity index is 436. The van der Waals surface area contributed by atoms with Crippen LogP contribution in [0.25, 0.3) is 6.08 Å². The monoisotopic (exact) mass is 245 g/mol. The molecule has 0 unspecified atom stereocenters. The first-order valence-electron chi connectivity index (χ1n) is 6.34. The normalized spacial score (nSPS) is 19.7. The third-order valence-electron chi connectivity index (χ3n) is 3.20. The molecule has 1 aromatic carbocycles. The number of aryl methyl sites for hydroxylation is 1. The summed E-state index contributed by atoms with van der Waals surface area (Å²) in [5.74, 6) is 0.0925. The molecule has 0 aromatic heterocycles. The van der Waals surface area contributed by atoms with E-state index in [2.05, 4.69) is 19.1 Å². The highest BCUT2D eigenvalue weighted by Gasteiger charge is 2.23. The Balaban J connectivity index is 1.84. The van der Waals surface area contributed by atoms with Crippen LogP contribution in [0.3, 0.4) is 0 Å². The molecule has 3 nitrogen and oxygen atoms in total.